The second-order valence-corrected chi connectivity index (χ2v) is 4.52. The minimum atomic E-state index is -0.149. The monoisotopic (exact) mass is 250 g/mol. The van der Waals surface area contributed by atoms with Crippen molar-refractivity contribution in [3.05, 3.63) is 23.8 Å². The number of rotatable bonds is 4. The molecule has 1 aromatic carbocycles. The molecule has 0 aliphatic carbocycles. The summed E-state index contributed by atoms with van der Waals surface area (Å²) >= 11 is 0. The lowest BCUT2D eigenvalue weighted by Crippen LogP contribution is -2.34. The highest BCUT2D eigenvalue weighted by Crippen LogP contribution is 2.32. The molecular formula is C13H18N2O3. The van der Waals surface area contributed by atoms with Gasteiger partial charge in [-0.25, -0.2) is 0 Å². The van der Waals surface area contributed by atoms with E-state index in [-0.39, 0.29) is 18.6 Å². The van der Waals surface area contributed by atoms with E-state index >= 15 is 0 Å². The zero-order chi connectivity index (χ0) is 13.1. The Hall–Kier alpha value is -1.75. The molecule has 1 heterocycles. The molecule has 1 aliphatic heterocycles. The molecule has 0 aromatic heterocycles. The number of fused-ring (bicyclic) bond motifs is 1. The first kappa shape index (κ1) is 12.7. The van der Waals surface area contributed by atoms with Gasteiger partial charge in [0.2, 0.25) is 12.7 Å². The van der Waals surface area contributed by atoms with Gasteiger partial charge in [-0.2, -0.15) is 0 Å². The first-order valence-corrected chi connectivity index (χ1v) is 5.95. The van der Waals surface area contributed by atoms with Gasteiger partial charge in [-0.1, -0.05) is 13.0 Å². The molecular weight excluding hydrogens is 232 g/mol. The molecule has 98 valence electrons. The highest BCUT2D eigenvalue weighted by molar-refractivity contribution is 5.78. The quantitative estimate of drug-likeness (QED) is 0.864. The molecule has 1 aliphatic rings. The summed E-state index contributed by atoms with van der Waals surface area (Å²) in [6.07, 6.45) is 0. The Balaban J connectivity index is 2.03. The topological polar surface area (TPSA) is 64.8 Å². The molecule has 2 rings (SSSR count). The van der Waals surface area contributed by atoms with Gasteiger partial charge in [0.25, 0.3) is 0 Å². The molecule has 0 fully saturated rings. The minimum absolute atomic E-state index is 0.0511. The molecule has 5 nitrogen and oxygen atoms in total. The fraction of sp³-hybridized carbons (Fsp3) is 0.462. The van der Waals surface area contributed by atoms with Crippen molar-refractivity contribution in [1.82, 2.24) is 4.90 Å². The average molecular weight is 250 g/mol. The molecule has 0 saturated heterocycles. The van der Waals surface area contributed by atoms with Gasteiger partial charge in [0.1, 0.15) is 0 Å². The largest absolute Gasteiger partial charge is 0.454 e. The van der Waals surface area contributed by atoms with E-state index in [0.717, 1.165) is 17.1 Å². The first-order valence-electron chi connectivity index (χ1n) is 5.95. The number of ether oxygens (including phenoxy) is 2. The molecule has 1 unspecified atom stereocenters. The van der Waals surface area contributed by atoms with Gasteiger partial charge in [0, 0.05) is 26.1 Å². The summed E-state index contributed by atoms with van der Waals surface area (Å²) in [6.45, 7) is 3.00. The fourth-order valence-corrected chi connectivity index (χ4v) is 1.87. The first-order chi connectivity index (χ1) is 8.61. The molecule has 0 saturated carbocycles. The number of hydrogen-bond donors (Lipinski definition) is 1. The molecule has 1 amide bonds. The third-order valence-electron chi connectivity index (χ3n) is 3.01. The second kappa shape index (κ2) is 5.27. The SMILES string of the molecule is CC(CN)C(=O)N(C)Cc1ccc2c(c1)OCO2. The van der Waals surface area contributed by atoms with Gasteiger partial charge in [0.05, 0.1) is 0 Å². The lowest BCUT2D eigenvalue weighted by molar-refractivity contribution is -0.133. The van der Waals surface area contributed by atoms with Crippen LogP contribution in [0.5, 0.6) is 11.5 Å². The Morgan fingerprint density at radius 2 is 2.17 bits per heavy atom. The normalized spacial score (nSPS) is 14.4. The van der Waals surface area contributed by atoms with Gasteiger partial charge in [-0.3, -0.25) is 4.79 Å². The fourth-order valence-electron chi connectivity index (χ4n) is 1.87. The summed E-state index contributed by atoms with van der Waals surface area (Å²) in [6, 6.07) is 5.70. The third-order valence-corrected chi connectivity index (χ3v) is 3.01. The maximum atomic E-state index is 11.9. The number of nitrogens with zero attached hydrogens (tertiary/aromatic N) is 1. The van der Waals surface area contributed by atoms with E-state index in [1.54, 1.807) is 11.9 Å². The lowest BCUT2D eigenvalue weighted by atomic mass is 10.1. The van der Waals surface area contributed by atoms with Crippen LogP contribution in [0, 0.1) is 5.92 Å². The van der Waals surface area contributed by atoms with Gasteiger partial charge in [0.15, 0.2) is 11.5 Å². The number of carbonyl (C=O) groups is 1. The summed E-state index contributed by atoms with van der Waals surface area (Å²) in [5.74, 6) is 1.39. The van der Waals surface area contributed by atoms with Crippen molar-refractivity contribution in [2.24, 2.45) is 11.7 Å². The lowest BCUT2D eigenvalue weighted by Gasteiger charge is -2.20. The van der Waals surface area contributed by atoms with Crippen molar-refractivity contribution >= 4 is 5.91 Å². The van der Waals surface area contributed by atoms with E-state index in [1.165, 1.54) is 0 Å². The van der Waals surface area contributed by atoms with Crippen molar-refractivity contribution in [2.45, 2.75) is 13.5 Å². The highest BCUT2D eigenvalue weighted by atomic mass is 16.7. The summed E-state index contributed by atoms with van der Waals surface area (Å²) in [7, 11) is 1.78. The molecule has 1 aromatic rings. The maximum Gasteiger partial charge on any atom is 0.231 e. The number of benzene rings is 1. The second-order valence-electron chi connectivity index (χ2n) is 4.52. The van der Waals surface area contributed by atoms with Crippen LogP contribution in [0.4, 0.5) is 0 Å². The van der Waals surface area contributed by atoms with Crippen molar-refractivity contribution in [3.63, 3.8) is 0 Å². The van der Waals surface area contributed by atoms with E-state index < -0.39 is 0 Å². The van der Waals surface area contributed by atoms with Crippen molar-refractivity contribution in [3.8, 4) is 11.5 Å². The molecule has 0 spiro atoms. The standard InChI is InChI=1S/C13H18N2O3/c1-9(6-14)13(16)15(2)7-10-3-4-11-12(5-10)18-8-17-11/h3-5,9H,6-8,14H2,1-2H3. The molecule has 1 atom stereocenters. The Morgan fingerprint density at radius 3 is 2.89 bits per heavy atom. The third kappa shape index (κ3) is 2.56. The van der Waals surface area contributed by atoms with Crippen LogP contribution in [-0.2, 0) is 11.3 Å². The van der Waals surface area contributed by atoms with E-state index in [1.807, 2.05) is 25.1 Å². The zero-order valence-corrected chi connectivity index (χ0v) is 10.7. The van der Waals surface area contributed by atoms with Crippen molar-refractivity contribution < 1.29 is 14.3 Å². The maximum absolute atomic E-state index is 11.9. The van der Waals surface area contributed by atoms with Crippen LogP contribution >= 0.6 is 0 Å². The number of hydrogen-bond acceptors (Lipinski definition) is 4. The van der Waals surface area contributed by atoms with Crippen LogP contribution in [-0.4, -0.2) is 31.2 Å². The van der Waals surface area contributed by atoms with E-state index in [4.69, 9.17) is 15.2 Å². The summed E-state index contributed by atoms with van der Waals surface area (Å²) in [5, 5.41) is 0. The van der Waals surface area contributed by atoms with Crippen LogP contribution in [0.2, 0.25) is 0 Å². The summed E-state index contributed by atoms with van der Waals surface area (Å²) < 4.78 is 10.5. The van der Waals surface area contributed by atoms with E-state index in [0.29, 0.717) is 13.1 Å². The van der Waals surface area contributed by atoms with Gasteiger partial charge in [-0.15, -0.1) is 0 Å². The molecule has 18 heavy (non-hydrogen) atoms. The van der Waals surface area contributed by atoms with Crippen molar-refractivity contribution in [2.75, 3.05) is 20.4 Å². The van der Waals surface area contributed by atoms with E-state index in [2.05, 4.69) is 0 Å². The van der Waals surface area contributed by atoms with Crippen LogP contribution in [0.1, 0.15) is 12.5 Å². The Bertz CT molecular complexity index is 448. The molecule has 0 bridgehead atoms. The Morgan fingerprint density at radius 1 is 1.44 bits per heavy atom. The molecule has 5 heteroatoms. The minimum Gasteiger partial charge on any atom is -0.454 e. The smallest absolute Gasteiger partial charge is 0.231 e. The number of nitrogens with two attached hydrogens (primary N) is 1. The molecule has 2 N–H and O–H groups in total. The van der Waals surface area contributed by atoms with Crippen LogP contribution in [0.3, 0.4) is 0 Å². The number of amides is 1. The van der Waals surface area contributed by atoms with Gasteiger partial charge >= 0.3 is 0 Å². The van der Waals surface area contributed by atoms with Crippen molar-refractivity contribution in [1.29, 1.82) is 0 Å². The molecule has 0 radical (unpaired) electrons. The highest BCUT2D eigenvalue weighted by Gasteiger charge is 2.18. The van der Waals surface area contributed by atoms with Gasteiger partial charge in [-0.05, 0) is 17.7 Å². The predicted molar refractivity (Wildman–Crippen MR) is 67.3 cm³/mol. The van der Waals surface area contributed by atoms with Crippen LogP contribution in [0.15, 0.2) is 18.2 Å². The predicted octanol–water partition coefficient (Wildman–Crippen LogP) is 0.968. The van der Waals surface area contributed by atoms with Gasteiger partial charge < -0.3 is 20.1 Å². The van der Waals surface area contributed by atoms with E-state index in [9.17, 15) is 4.79 Å². The van der Waals surface area contributed by atoms with Crippen LogP contribution in [0.25, 0.3) is 0 Å². The number of carbonyl (C=O) groups excluding carboxylic acids is 1. The average Bonchev–Trinajstić information content (AvgIpc) is 2.84. The summed E-state index contributed by atoms with van der Waals surface area (Å²) in [4.78, 5) is 13.6. The zero-order valence-electron chi connectivity index (χ0n) is 10.7. The Labute approximate surface area is 106 Å². The Kier molecular flexibility index (Phi) is 3.72. The summed E-state index contributed by atoms with van der Waals surface area (Å²) in [5.41, 5.74) is 6.51. The van der Waals surface area contributed by atoms with Crippen LogP contribution < -0.4 is 15.2 Å².